The van der Waals surface area contributed by atoms with Crippen LogP contribution in [0.2, 0.25) is 0 Å². The molecule has 0 aliphatic heterocycles. The standard InChI is InChI=1S/C10H8F8O4/c1-7(11,12)8(13,14)9(15,16)10(17,18)22-6(20)4-3-5(19)21-2/h3-4H,1-2H3. The van der Waals surface area contributed by atoms with Crippen molar-refractivity contribution in [1.82, 2.24) is 0 Å². The Morgan fingerprint density at radius 1 is 0.818 bits per heavy atom. The van der Waals surface area contributed by atoms with Crippen LogP contribution in [-0.2, 0) is 19.1 Å². The highest BCUT2D eigenvalue weighted by molar-refractivity contribution is 5.91. The van der Waals surface area contributed by atoms with Crippen molar-refractivity contribution in [3.63, 3.8) is 0 Å². The molecule has 0 aliphatic rings. The van der Waals surface area contributed by atoms with Crippen LogP contribution < -0.4 is 0 Å². The van der Waals surface area contributed by atoms with Gasteiger partial charge in [0.1, 0.15) is 0 Å². The number of hydrogen-bond donors (Lipinski definition) is 0. The van der Waals surface area contributed by atoms with Crippen LogP contribution >= 0.6 is 0 Å². The molecule has 0 aliphatic carbocycles. The lowest BCUT2D eigenvalue weighted by atomic mass is 10.1. The highest BCUT2D eigenvalue weighted by Gasteiger charge is 2.81. The molecule has 0 N–H and O–H groups in total. The van der Waals surface area contributed by atoms with Gasteiger partial charge in [0.25, 0.3) is 0 Å². The number of rotatable bonds is 6. The fourth-order valence-electron chi connectivity index (χ4n) is 0.887. The Morgan fingerprint density at radius 3 is 1.59 bits per heavy atom. The lowest BCUT2D eigenvalue weighted by Crippen LogP contribution is -2.62. The summed E-state index contributed by atoms with van der Waals surface area (Å²) in [5.74, 6) is -22.4. The van der Waals surface area contributed by atoms with Crippen LogP contribution in [0.4, 0.5) is 35.1 Å². The van der Waals surface area contributed by atoms with E-state index in [0.29, 0.717) is 0 Å². The van der Waals surface area contributed by atoms with Gasteiger partial charge in [-0.25, -0.2) is 9.59 Å². The molecule has 12 heteroatoms. The molecule has 128 valence electrons. The average Bonchev–Trinajstić information content (AvgIpc) is 2.33. The average molecular weight is 344 g/mol. The summed E-state index contributed by atoms with van der Waals surface area (Å²) < 4.78 is 109. The van der Waals surface area contributed by atoms with E-state index < -0.39 is 42.7 Å². The number of esters is 2. The highest BCUT2D eigenvalue weighted by atomic mass is 19.4. The van der Waals surface area contributed by atoms with Crippen molar-refractivity contribution in [3.8, 4) is 0 Å². The molecule has 0 fully saturated rings. The van der Waals surface area contributed by atoms with Gasteiger partial charge in [-0.2, -0.15) is 35.1 Å². The molecule has 4 nitrogen and oxygen atoms in total. The molecule has 0 rings (SSSR count). The van der Waals surface area contributed by atoms with Crippen molar-refractivity contribution in [2.75, 3.05) is 7.11 Å². The van der Waals surface area contributed by atoms with Crippen LogP contribution in [0.15, 0.2) is 12.2 Å². The largest absolute Gasteiger partial charge is 0.473 e. The molecule has 0 saturated heterocycles. The fraction of sp³-hybridized carbons (Fsp3) is 0.600. The second-order valence-electron chi connectivity index (χ2n) is 3.83. The van der Waals surface area contributed by atoms with Gasteiger partial charge in [-0.1, -0.05) is 0 Å². The third kappa shape index (κ3) is 3.85. The summed E-state index contributed by atoms with van der Waals surface area (Å²) in [6.07, 6.45) is -6.26. The van der Waals surface area contributed by atoms with Crippen LogP contribution in [0, 0.1) is 0 Å². The van der Waals surface area contributed by atoms with Gasteiger partial charge in [0.15, 0.2) is 0 Å². The SMILES string of the molecule is COC(=O)C=CC(=O)OC(F)(F)C(F)(F)C(F)(F)C(C)(F)F. The minimum atomic E-state index is -6.72. The van der Waals surface area contributed by atoms with Gasteiger partial charge < -0.3 is 9.47 Å². The minimum absolute atomic E-state index is 0.141. The number of ether oxygens (including phenoxy) is 2. The maximum atomic E-state index is 12.9. The Bertz CT molecular complexity index is 466. The predicted molar refractivity (Wildman–Crippen MR) is 52.7 cm³/mol. The van der Waals surface area contributed by atoms with E-state index in [1.165, 1.54) is 0 Å². The molecule has 0 saturated carbocycles. The van der Waals surface area contributed by atoms with E-state index in [0.717, 1.165) is 7.11 Å². The smallest absolute Gasteiger partial charge is 0.466 e. The molecule has 0 bridgehead atoms. The number of carbonyl (C=O) groups excluding carboxylic acids is 2. The minimum Gasteiger partial charge on any atom is -0.466 e. The zero-order valence-corrected chi connectivity index (χ0v) is 10.8. The van der Waals surface area contributed by atoms with Crippen LogP contribution in [-0.4, -0.2) is 42.9 Å². The number of alkyl halides is 8. The molecule has 0 aromatic heterocycles. The van der Waals surface area contributed by atoms with Crippen molar-refractivity contribution < 1.29 is 54.2 Å². The summed E-state index contributed by atoms with van der Waals surface area (Å²) in [6.45, 7) is -0.712. The Hall–Kier alpha value is -1.88. The van der Waals surface area contributed by atoms with E-state index in [1.54, 1.807) is 0 Å². The molecule has 0 spiro atoms. The van der Waals surface area contributed by atoms with Gasteiger partial charge in [0.2, 0.25) is 0 Å². The van der Waals surface area contributed by atoms with E-state index in [9.17, 15) is 44.7 Å². The van der Waals surface area contributed by atoms with E-state index in [2.05, 4.69) is 9.47 Å². The zero-order valence-electron chi connectivity index (χ0n) is 10.8. The van der Waals surface area contributed by atoms with Gasteiger partial charge in [-0.05, 0) is 0 Å². The van der Waals surface area contributed by atoms with Gasteiger partial charge in [0.05, 0.1) is 7.11 Å². The molecule has 22 heavy (non-hydrogen) atoms. The van der Waals surface area contributed by atoms with Crippen molar-refractivity contribution >= 4 is 11.9 Å². The topological polar surface area (TPSA) is 52.6 Å². The first-order chi connectivity index (χ1) is 9.60. The summed E-state index contributed by atoms with van der Waals surface area (Å²) in [5.41, 5.74) is 0. The van der Waals surface area contributed by atoms with E-state index >= 15 is 0 Å². The third-order valence-electron chi connectivity index (χ3n) is 2.10. The van der Waals surface area contributed by atoms with E-state index in [-0.39, 0.29) is 12.2 Å². The van der Waals surface area contributed by atoms with E-state index in [1.807, 2.05) is 0 Å². The third-order valence-corrected chi connectivity index (χ3v) is 2.10. The molecule has 0 aromatic rings. The normalized spacial score (nSPS) is 14.1. The summed E-state index contributed by atoms with van der Waals surface area (Å²) in [7, 11) is 0.810. The second kappa shape index (κ2) is 6.08. The Kier molecular flexibility index (Phi) is 5.56. The van der Waals surface area contributed by atoms with E-state index in [4.69, 9.17) is 0 Å². The molecule has 0 amide bonds. The quantitative estimate of drug-likeness (QED) is 0.422. The molecular weight excluding hydrogens is 336 g/mol. The Balaban J connectivity index is 5.34. The fourth-order valence-corrected chi connectivity index (χ4v) is 0.887. The summed E-state index contributed by atoms with van der Waals surface area (Å²) in [5, 5.41) is 0. The van der Waals surface area contributed by atoms with Crippen molar-refractivity contribution in [2.45, 2.75) is 30.8 Å². The first-order valence-electron chi connectivity index (χ1n) is 5.10. The monoisotopic (exact) mass is 344 g/mol. The summed E-state index contributed by atoms with van der Waals surface area (Å²) >= 11 is 0. The van der Waals surface area contributed by atoms with Gasteiger partial charge in [0, 0.05) is 19.1 Å². The first kappa shape index (κ1) is 20.1. The van der Waals surface area contributed by atoms with Crippen LogP contribution in [0.3, 0.4) is 0 Å². The van der Waals surface area contributed by atoms with Crippen molar-refractivity contribution in [2.24, 2.45) is 0 Å². The highest BCUT2D eigenvalue weighted by Crippen LogP contribution is 2.52. The lowest BCUT2D eigenvalue weighted by molar-refractivity contribution is -0.413. The lowest BCUT2D eigenvalue weighted by Gasteiger charge is -2.34. The zero-order chi connectivity index (χ0) is 18.0. The van der Waals surface area contributed by atoms with Gasteiger partial charge >= 0.3 is 35.8 Å². The van der Waals surface area contributed by atoms with Crippen molar-refractivity contribution in [3.05, 3.63) is 12.2 Å². The van der Waals surface area contributed by atoms with Gasteiger partial charge in [-0.15, -0.1) is 0 Å². The van der Waals surface area contributed by atoms with Crippen molar-refractivity contribution in [1.29, 1.82) is 0 Å². The number of carbonyl (C=O) groups is 2. The molecule has 0 aromatic carbocycles. The number of halogens is 8. The molecular formula is C10H8F8O4. The predicted octanol–water partition coefficient (Wildman–Crippen LogP) is 2.78. The number of hydrogen-bond acceptors (Lipinski definition) is 4. The summed E-state index contributed by atoms with van der Waals surface area (Å²) in [6, 6.07) is 0. The molecule has 0 radical (unpaired) electrons. The maximum Gasteiger partial charge on any atom is 0.473 e. The Morgan fingerprint density at radius 2 is 1.23 bits per heavy atom. The maximum absolute atomic E-state index is 12.9. The first-order valence-corrected chi connectivity index (χ1v) is 5.10. The Labute approximate surface area is 117 Å². The second-order valence-corrected chi connectivity index (χ2v) is 3.83. The molecule has 0 unspecified atom stereocenters. The number of methoxy groups -OCH3 is 1. The van der Waals surface area contributed by atoms with Gasteiger partial charge in [-0.3, -0.25) is 0 Å². The molecule has 0 atom stereocenters. The van der Waals surface area contributed by atoms with Crippen LogP contribution in [0.25, 0.3) is 0 Å². The molecule has 0 heterocycles. The van der Waals surface area contributed by atoms with Crippen LogP contribution in [0.5, 0.6) is 0 Å². The van der Waals surface area contributed by atoms with Crippen LogP contribution in [0.1, 0.15) is 6.92 Å². The summed E-state index contributed by atoms with van der Waals surface area (Å²) in [4.78, 5) is 21.2.